The predicted molar refractivity (Wildman–Crippen MR) is 105 cm³/mol. The highest BCUT2D eigenvalue weighted by molar-refractivity contribution is 5.97. The predicted octanol–water partition coefficient (Wildman–Crippen LogP) is 2.35. The van der Waals surface area contributed by atoms with Crippen molar-refractivity contribution in [3.05, 3.63) is 71.8 Å². The Kier molecular flexibility index (Phi) is 6.42. The van der Waals surface area contributed by atoms with Gasteiger partial charge in [0.15, 0.2) is 0 Å². The van der Waals surface area contributed by atoms with Crippen LogP contribution >= 0.6 is 0 Å². The standard InChI is InChI=1S/C22H24N2O4/c25-20(17-9-5-2-6-10-17)23-19(15-16-7-3-1-4-8-16)21(26)24-13-11-18(12-14-24)22(27)28/h1-10,18-19H,11-15H2,(H,23,25)(H,27,28)/t19-/m0/s1. The number of hydrogen-bond donors (Lipinski definition) is 2. The van der Waals surface area contributed by atoms with Gasteiger partial charge in [0, 0.05) is 25.1 Å². The van der Waals surface area contributed by atoms with Crippen LogP contribution in [0.2, 0.25) is 0 Å². The van der Waals surface area contributed by atoms with Gasteiger partial charge in [-0.2, -0.15) is 0 Å². The molecule has 2 aromatic rings. The molecule has 0 radical (unpaired) electrons. The lowest BCUT2D eigenvalue weighted by molar-refractivity contribution is -0.146. The molecule has 1 atom stereocenters. The average molecular weight is 380 g/mol. The number of carboxylic acid groups (broad SMARTS) is 1. The molecule has 6 nitrogen and oxygen atoms in total. The van der Waals surface area contributed by atoms with E-state index >= 15 is 0 Å². The summed E-state index contributed by atoms with van der Waals surface area (Å²) in [6.45, 7) is 0.782. The summed E-state index contributed by atoms with van der Waals surface area (Å²) < 4.78 is 0. The molecule has 1 saturated heterocycles. The molecule has 0 spiro atoms. The molecule has 1 aliphatic heterocycles. The smallest absolute Gasteiger partial charge is 0.306 e. The highest BCUT2D eigenvalue weighted by Gasteiger charge is 2.31. The number of rotatable bonds is 6. The lowest BCUT2D eigenvalue weighted by Gasteiger charge is -2.33. The van der Waals surface area contributed by atoms with E-state index in [1.165, 1.54) is 0 Å². The van der Waals surface area contributed by atoms with E-state index in [0.717, 1.165) is 5.56 Å². The fraction of sp³-hybridized carbons (Fsp3) is 0.318. The first kappa shape index (κ1) is 19.6. The molecule has 2 amide bonds. The zero-order valence-electron chi connectivity index (χ0n) is 15.6. The van der Waals surface area contributed by atoms with Crippen LogP contribution in [-0.2, 0) is 16.0 Å². The van der Waals surface area contributed by atoms with Gasteiger partial charge in [-0.15, -0.1) is 0 Å². The highest BCUT2D eigenvalue weighted by Crippen LogP contribution is 2.19. The summed E-state index contributed by atoms with van der Waals surface area (Å²) >= 11 is 0. The van der Waals surface area contributed by atoms with Crippen molar-refractivity contribution in [2.75, 3.05) is 13.1 Å². The molecule has 2 aromatic carbocycles. The summed E-state index contributed by atoms with van der Waals surface area (Å²) in [7, 11) is 0. The van der Waals surface area contributed by atoms with Crippen LogP contribution < -0.4 is 5.32 Å². The third-order valence-corrected chi connectivity index (χ3v) is 5.08. The van der Waals surface area contributed by atoms with Crippen LogP contribution in [0.3, 0.4) is 0 Å². The molecule has 0 aliphatic carbocycles. The Labute approximate surface area is 164 Å². The Bertz CT molecular complexity index is 815. The Morgan fingerprint density at radius 3 is 2.11 bits per heavy atom. The second kappa shape index (κ2) is 9.17. The Morgan fingerprint density at radius 2 is 1.54 bits per heavy atom. The van der Waals surface area contributed by atoms with Crippen molar-refractivity contribution < 1.29 is 19.5 Å². The van der Waals surface area contributed by atoms with E-state index in [-0.39, 0.29) is 11.8 Å². The third kappa shape index (κ3) is 4.97. The SMILES string of the molecule is O=C(N[C@@H](Cc1ccccc1)C(=O)N1CCC(C(=O)O)CC1)c1ccccc1. The normalized spacial score (nSPS) is 15.6. The lowest BCUT2D eigenvalue weighted by atomic mass is 9.96. The molecule has 0 aromatic heterocycles. The minimum Gasteiger partial charge on any atom is -0.481 e. The largest absolute Gasteiger partial charge is 0.481 e. The first-order valence-electron chi connectivity index (χ1n) is 9.46. The molecule has 2 N–H and O–H groups in total. The Morgan fingerprint density at radius 1 is 0.964 bits per heavy atom. The van der Waals surface area contributed by atoms with E-state index < -0.39 is 17.9 Å². The Hall–Kier alpha value is -3.15. The summed E-state index contributed by atoms with van der Waals surface area (Å²) in [6.07, 6.45) is 1.26. The van der Waals surface area contributed by atoms with Crippen LogP contribution in [0.1, 0.15) is 28.8 Å². The molecule has 146 valence electrons. The second-order valence-electron chi connectivity index (χ2n) is 7.02. The van der Waals surface area contributed by atoms with E-state index in [1.807, 2.05) is 36.4 Å². The number of carbonyl (C=O) groups excluding carboxylic acids is 2. The number of hydrogen-bond acceptors (Lipinski definition) is 3. The molecule has 0 saturated carbocycles. The minimum atomic E-state index is -0.815. The van der Waals surface area contributed by atoms with Crippen molar-refractivity contribution in [3.63, 3.8) is 0 Å². The van der Waals surface area contributed by atoms with Gasteiger partial charge in [-0.25, -0.2) is 0 Å². The van der Waals surface area contributed by atoms with E-state index in [9.17, 15) is 14.4 Å². The van der Waals surface area contributed by atoms with E-state index in [1.54, 1.807) is 29.2 Å². The van der Waals surface area contributed by atoms with Crippen molar-refractivity contribution in [1.29, 1.82) is 0 Å². The molecular formula is C22H24N2O4. The van der Waals surface area contributed by atoms with Gasteiger partial charge in [0.05, 0.1) is 5.92 Å². The fourth-order valence-corrected chi connectivity index (χ4v) is 3.45. The minimum absolute atomic E-state index is 0.169. The summed E-state index contributed by atoms with van der Waals surface area (Å²) in [5, 5.41) is 12.0. The maximum Gasteiger partial charge on any atom is 0.306 e. The topological polar surface area (TPSA) is 86.7 Å². The van der Waals surface area contributed by atoms with E-state index in [0.29, 0.717) is 37.9 Å². The monoisotopic (exact) mass is 380 g/mol. The van der Waals surface area contributed by atoms with Gasteiger partial charge in [-0.05, 0) is 30.5 Å². The van der Waals surface area contributed by atoms with Gasteiger partial charge < -0.3 is 15.3 Å². The van der Waals surface area contributed by atoms with E-state index in [2.05, 4.69) is 5.32 Å². The third-order valence-electron chi connectivity index (χ3n) is 5.08. The highest BCUT2D eigenvalue weighted by atomic mass is 16.4. The zero-order valence-corrected chi connectivity index (χ0v) is 15.6. The lowest BCUT2D eigenvalue weighted by Crippen LogP contribution is -2.52. The van der Waals surface area contributed by atoms with Gasteiger partial charge in [0.1, 0.15) is 6.04 Å². The summed E-state index contributed by atoms with van der Waals surface area (Å²) in [6, 6.07) is 17.6. The van der Waals surface area contributed by atoms with E-state index in [4.69, 9.17) is 5.11 Å². The first-order valence-corrected chi connectivity index (χ1v) is 9.46. The zero-order chi connectivity index (χ0) is 19.9. The molecule has 0 bridgehead atoms. The molecule has 1 heterocycles. The summed E-state index contributed by atoms with van der Waals surface area (Å²) in [4.78, 5) is 38.5. The number of benzene rings is 2. The molecular weight excluding hydrogens is 356 g/mol. The summed E-state index contributed by atoms with van der Waals surface area (Å²) in [5.74, 6) is -1.69. The average Bonchev–Trinajstić information content (AvgIpc) is 2.74. The van der Waals surface area contributed by atoms with Crippen molar-refractivity contribution >= 4 is 17.8 Å². The number of piperidine rings is 1. The van der Waals surface area contributed by atoms with Crippen LogP contribution in [0.4, 0.5) is 0 Å². The van der Waals surface area contributed by atoms with Gasteiger partial charge >= 0.3 is 5.97 Å². The van der Waals surface area contributed by atoms with Crippen molar-refractivity contribution in [3.8, 4) is 0 Å². The second-order valence-corrected chi connectivity index (χ2v) is 7.02. The van der Waals surface area contributed by atoms with Crippen LogP contribution in [-0.4, -0.2) is 46.9 Å². The number of aliphatic carboxylic acids is 1. The summed E-state index contributed by atoms with van der Waals surface area (Å²) in [5.41, 5.74) is 1.45. The molecule has 1 fully saturated rings. The first-order chi connectivity index (χ1) is 13.5. The Balaban J connectivity index is 1.73. The number of carbonyl (C=O) groups is 3. The van der Waals surface area contributed by atoms with Crippen LogP contribution in [0.15, 0.2) is 60.7 Å². The van der Waals surface area contributed by atoms with Gasteiger partial charge in [0.2, 0.25) is 5.91 Å². The molecule has 1 aliphatic rings. The van der Waals surface area contributed by atoms with Crippen LogP contribution in [0.25, 0.3) is 0 Å². The van der Waals surface area contributed by atoms with Crippen molar-refractivity contribution in [2.45, 2.75) is 25.3 Å². The quantitative estimate of drug-likeness (QED) is 0.805. The number of nitrogens with zero attached hydrogens (tertiary/aromatic N) is 1. The maximum atomic E-state index is 13.1. The maximum absolute atomic E-state index is 13.1. The van der Waals surface area contributed by atoms with Crippen LogP contribution in [0.5, 0.6) is 0 Å². The van der Waals surface area contributed by atoms with Crippen LogP contribution in [0, 0.1) is 5.92 Å². The van der Waals surface area contributed by atoms with Crippen molar-refractivity contribution in [1.82, 2.24) is 10.2 Å². The number of amides is 2. The van der Waals surface area contributed by atoms with Gasteiger partial charge in [-0.3, -0.25) is 14.4 Å². The van der Waals surface area contributed by atoms with Gasteiger partial charge in [0.25, 0.3) is 5.91 Å². The van der Waals surface area contributed by atoms with Gasteiger partial charge in [-0.1, -0.05) is 48.5 Å². The molecule has 0 unspecified atom stereocenters. The molecule has 3 rings (SSSR count). The number of carboxylic acids is 1. The number of nitrogens with one attached hydrogen (secondary N) is 1. The van der Waals surface area contributed by atoms with Crippen molar-refractivity contribution in [2.24, 2.45) is 5.92 Å². The number of likely N-dealkylation sites (tertiary alicyclic amines) is 1. The molecule has 28 heavy (non-hydrogen) atoms. The molecule has 6 heteroatoms. The fourth-order valence-electron chi connectivity index (χ4n) is 3.45.